The van der Waals surface area contributed by atoms with Crippen LogP contribution in [0.5, 0.6) is 0 Å². The van der Waals surface area contributed by atoms with Gasteiger partial charge in [0.1, 0.15) is 0 Å². The maximum Gasteiger partial charge on any atom is 0.177 e. The lowest BCUT2D eigenvalue weighted by molar-refractivity contribution is 0.884. The van der Waals surface area contributed by atoms with Crippen LogP contribution in [0.15, 0.2) is 42.6 Å². The van der Waals surface area contributed by atoms with E-state index in [0.717, 1.165) is 33.6 Å². The Balaban J connectivity index is 1.72. The molecule has 0 aliphatic rings. The van der Waals surface area contributed by atoms with Crippen LogP contribution in [0.1, 0.15) is 22.9 Å². The molecule has 0 aliphatic carbocycles. The Kier molecular flexibility index (Phi) is 3.12. The van der Waals surface area contributed by atoms with E-state index < -0.39 is 0 Å². The molecule has 0 atom stereocenters. The summed E-state index contributed by atoms with van der Waals surface area (Å²) in [6, 6.07) is 12.1. The van der Waals surface area contributed by atoms with Gasteiger partial charge in [0.05, 0.1) is 22.6 Å². The van der Waals surface area contributed by atoms with Crippen LogP contribution in [0, 0.1) is 13.8 Å². The van der Waals surface area contributed by atoms with Crippen molar-refractivity contribution >= 4 is 28.7 Å². The monoisotopic (exact) mass is 301 g/mol. The molecule has 0 amide bonds. The summed E-state index contributed by atoms with van der Waals surface area (Å²) < 4.78 is 1.82. The average Bonchev–Trinajstić information content (AvgIpc) is 3.02. The second kappa shape index (κ2) is 5.28. The minimum Gasteiger partial charge on any atom is -0.256 e. The summed E-state index contributed by atoms with van der Waals surface area (Å²) in [5.41, 5.74) is 4.48. The molecule has 0 spiro atoms. The van der Waals surface area contributed by atoms with Crippen molar-refractivity contribution in [3.63, 3.8) is 0 Å². The lowest BCUT2D eigenvalue weighted by atomic mass is 10.2. The molecule has 0 N–H and O–H groups in total. The highest BCUT2D eigenvalue weighted by molar-refractivity contribution is 5.80. The Morgan fingerprint density at radius 2 is 1.83 bits per heavy atom. The van der Waals surface area contributed by atoms with Crippen LogP contribution >= 0.6 is 0 Å². The minimum atomic E-state index is 0.652. The van der Waals surface area contributed by atoms with E-state index in [9.17, 15) is 0 Å². The van der Waals surface area contributed by atoms with Crippen LogP contribution in [-0.4, -0.2) is 24.6 Å². The van der Waals surface area contributed by atoms with Gasteiger partial charge in [-0.1, -0.05) is 24.3 Å². The predicted molar refractivity (Wildman–Crippen MR) is 90.9 cm³/mol. The highest BCUT2D eigenvalue weighted by Crippen LogP contribution is 2.14. The third kappa shape index (κ3) is 2.46. The first-order valence-corrected chi connectivity index (χ1v) is 7.43. The molecule has 5 heteroatoms. The number of para-hydroxylation sites is 1. The van der Waals surface area contributed by atoms with E-state index in [1.54, 1.807) is 6.20 Å². The molecule has 0 saturated heterocycles. The number of hydrogen-bond acceptors (Lipinski definition) is 4. The van der Waals surface area contributed by atoms with Crippen LogP contribution in [0.3, 0.4) is 0 Å². The standard InChI is InChI=1S/C18H15N5/c1-12-11-19-13(2)18-21-17(22-23(12)18)10-9-15-8-7-14-5-3-4-6-16(14)20-15/h3-11H,1-2H3. The molecule has 0 aliphatic heterocycles. The Hall–Kier alpha value is -3.08. The zero-order chi connectivity index (χ0) is 15.8. The molecule has 1 aromatic carbocycles. The molecular weight excluding hydrogens is 286 g/mol. The lowest BCUT2D eigenvalue weighted by Gasteiger charge is -1.97. The highest BCUT2D eigenvalue weighted by atomic mass is 15.3. The van der Waals surface area contributed by atoms with Crippen LogP contribution in [-0.2, 0) is 0 Å². The first kappa shape index (κ1) is 13.6. The van der Waals surface area contributed by atoms with Gasteiger partial charge in [-0.15, -0.1) is 5.10 Å². The Morgan fingerprint density at radius 1 is 0.957 bits per heavy atom. The molecule has 4 aromatic rings. The molecule has 112 valence electrons. The fourth-order valence-electron chi connectivity index (χ4n) is 2.52. The van der Waals surface area contributed by atoms with Crippen LogP contribution in [0.2, 0.25) is 0 Å². The van der Waals surface area contributed by atoms with Gasteiger partial charge in [-0.3, -0.25) is 4.98 Å². The number of rotatable bonds is 2. The molecule has 0 bridgehead atoms. The van der Waals surface area contributed by atoms with Crippen molar-refractivity contribution < 1.29 is 0 Å². The molecule has 3 heterocycles. The molecule has 3 aromatic heterocycles. The number of benzene rings is 1. The Bertz CT molecular complexity index is 1010. The smallest absolute Gasteiger partial charge is 0.177 e. The van der Waals surface area contributed by atoms with Gasteiger partial charge in [0.25, 0.3) is 0 Å². The molecule has 0 unspecified atom stereocenters. The maximum atomic E-state index is 4.62. The van der Waals surface area contributed by atoms with E-state index in [-0.39, 0.29) is 0 Å². The summed E-state index contributed by atoms with van der Waals surface area (Å²) in [4.78, 5) is 13.5. The van der Waals surface area contributed by atoms with Crippen molar-refractivity contribution in [3.05, 3.63) is 65.5 Å². The molecule has 23 heavy (non-hydrogen) atoms. The SMILES string of the molecule is Cc1ncc(C)n2nc(C=Cc3ccc4ccccc4n3)nc12. The van der Waals surface area contributed by atoms with Gasteiger partial charge in [-0.2, -0.15) is 0 Å². The summed E-state index contributed by atoms with van der Waals surface area (Å²) in [5, 5.41) is 5.63. The molecule has 4 rings (SSSR count). The number of hydrogen-bond donors (Lipinski definition) is 0. The predicted octanol–water partition coefficient (Wildman–Crippen LogP) is 3.46. The van der Waals surface area contributed by atoms with Crippen LogP contribution in [0.4, 0.5) is 0 Å². The van der Waals surface area contributed by atoms with Gasteiger partial charge in [-0.05, 0) is 38.1 Å². The number of aromatic nitrogens is 5. The van der Waals surface area contributed by atoms with Crippen molar-refractivity contribution in [3.8, 4) is 0 Å². The van der Waals surface area contributed by atoms with Crippen LogP contribution in [0.25, 0.3) is 28.7 Å². The number of nitrogens with zero attached hydrogens (tertiary/aromatic N) is 5. The molecule has 0 saturated carbocycles. The van der Waals surface area contributed by atoms with Gasteiger partial charge in [-0.25, -0.2) is 14.5 Å². The zero-order valence-corrected chi connectivity index (χ0v) is 12.9. The van der Waals surface area contributed by atoms with Gasteiger partial charge < -0.3 is 0 Å². The minimum absolute atomic E-state index is 0.652. The maximum absolute atomic E-state index is 4.62. The molecule has 0 fully saturated rings. The van der Waals surface area contributed by atoms with E-state index in [1.165, 1.54) is 0 Å². The number of aryl methyl sites for hydroxylation is 2. The highest BCUT2D eigenvalue weighted by Gasteiger charge is 2.06. The van der Waals surface area contributed by atoms with E-state index in [2.05, 4.69) is 32.2 Å². The third-order valence-electron chi connectivity index (χ3n) is 3.75. The van der Waals surface area contributed by atoms with Gasteiger partial charge in [0.15, 0.2) is 11.5 Å². The largest absolute Gasteiger partial charge is 0.256 e. The fourth-order valence-corrected chi connectivity index (χ4v) is 2.52. The summed E-state index contributed by atoms with van der Waals surface area (Å²) in [6.45, 7) is 3.90. The van der Waals surface area contributed by atoms with Gasteiger partial charge in [0.2, 0.25) is 0 Å². The van der Waals surface area contributed by atoms with Gasteiger partial charge >= 0.3 is 0 Å². The first-order chi connectivity index (χ1) is 11.2. The topological polar surface area (TPSA) is 56.0 Å². The van der Waals surface area contributed by atoms with Crippen LogP contribution < -0.4 is 0 Å². The second-order valence-electron chi connectivity index (χ2n) is 5.45. The quantitative estimate of drug-likeness (QED) is 0.569. The molecule has 5 nitrogen and oxygen atoms in total. The van der Waals surface area contributed by atoms with Crippen molar-refractivity contribution in [1.29, 1.82) is 0 Å². The lowest BCUT2D eigenvalue weighted by Crippen LogP contribution is -1.97. The van der Waals surface area contributed by atoms with Crippen molar-refractivity contribution in [2.45, 2.75) is 13.8 Å². The first-order valence-electron chi connectivity index (χ1n) is 7.43. The Morgan fingerprint density at radius 3 is 2.70 bits per heavy atom. The summed E-state index contributed by atoms with van der Waals surface area (Å²) in [5.74, 6) is 0.652. The second-order valence-corrected chi connectivity index (χ2v) is 5.45. The summed E-state index contributed by atoms with van der Waals surface area (Å²) in [6.07, 6.45) is 5.61. The third-order valence-corrected chi connectivity index (χ3v) is 3.75. The molecular formula is C18H15N5. The number of fused-ring (bicyclic) bond motifs is 2. The molecule has 0 radical (unpaired) electrons. The fraction of sp³-hybridized carbons (Fsp3) is 0.111. The summed E-state index contributed by atoms with van der Waals surface area (Å²) in [7, 11) is 0. The normalized spacial score (nSPS) is 11.7. The van der Waals surface area contributed by atoms with Crippen molar-refractivity contribution in [2.75, 3.05) is 0 Å². The van der Waals surface area contributed by atoms with E-state index in [4.69, 9.17) is 0 Å². The van der Waals surface area contributed by atoms with E-state index in [0.29, 0.717) is 5.82 Å². The van der Waals surface area contributed by atoms with Crippen molar-refractivity contribution in [1.82, 2.24) is 24.6 Å². The number of pyridine rings is 1. The average molecular weight is 301 g/mol. The van der Waals surface area contributed by atoms with E-state index in [1.807, 2.05) is 54.8 Å². The van der Waals surface area contributed by atoms with Crippen molar-refractivity contribution in [2.24, 2.45) is 0 Å². The summed E-state index contributed by atoms with van der Waals surface area (Å²) >= 11 is 0. The Labute approximate surface area is 133 Å². The van der Waals surface area contributed by atoms with Gasteiger partial charge in [0, 0.05) is 11.6 Å². The van der Waals surface area contributed by atoms with E-state index >= 15 is 0 Å². The zero-order valence-electron chi connectivity index (χ0n) is 12.9.